The second-order valence-corrected chi connectivity index (χ2v) is 5.24. The van der Waals surface area contributed by atoms with Gasteiger partial charge < -0.3 is 5.32 Å². The van der Waals surface area contributed by atoms with Gasteiger partial charge in [-0.1, -0.05) is 85.0 Å². The van der Waals surface area contributed by atoms with Crippen molar-refractivity contribution in [2.45, 2.75) is 0 Å². The van der Waals surface area contributed by atoms with Crippen molar-refractivity contribution < 1.29 is 0 Å². The van der Waals surface area contributed by atoms with Gasteiger partial charge >= 0.3 is 0 Å². The number of allylic oxidation sites excluding steroid dienone is 2. The molecule has 3 aromatic carbocycles. The van der Waals surface area contributed by atoms with Crippen LogP contribution in [0.3, 0.4) is 0 Å². The van der Waals surface area contributed by atoms with Crippen molar-refractivity contribution in [3.8, 4) is 0 Å². The first-order valence-electron chi connectivity index (χ1n) is 7.72. The highest BCUT2D eigenvalue weighted by molar-refractivity contribution is 5.63. The molecule has 0 unspecified atom stereocenters. The van der Waals surface area contributed by atoms with E-state index in [1.807, 2.05) is 36.4 Å². The molecule has 3 aromatic rings. The van der Waals surface area contributed by atoms with Crippen molar-refractivity contribution in [3.63, 3.8) is 0 Å². The topological polar surface area (TPSA) is 12.0 Å². The molecule has 0 aromatic heterocycles. The quantitative estimate of drug-likeness (QED) is 0.556. The van der Waals surface area contributed by atoms with E-state index in [9.17, 15) is 0 Å². The molecule has 1 nitrogen and oxygen atoms in total. The molecule has 0 amide bonds. The summed E-state index contributed by atoms with van der Waals surface area (Å²) in [6, 6.07) is 28.9. The van der Waals surface area contributed by atoms with Crippen LogP contribution >= 0.6 is 0 Å². The molecule has 0 aliphatic carbocycles. The van der Waals surface area contributed by atoms with Crippen molar-refractivity contribution in [2.75, 3.05) is 5.32 Å². The van der Waals surface area contributed by atoms with Crippen LogP contribution in [0.15, 0.2) is 97.1 Å². The van der Waals surface area contributed by atoms with Crippen molar-refractivity contribution in [2.24, 2.45) is 0 Å². The van der Waals surface area contributed by atoms with Crippen LogP contribution in [0, 0.1) is 0 Å². The maximum absolute atomic E-state index is 3.38. The van der Waals surface area contributed by atoms with Gasteiger partial charge in [0.15, 0.2) is 0 Å². The molecule has 0 spiro atoms. The van der Waals surface area contributed by atoms with E-state index in [-0.39, 0.29) is 0 Å². The zero-order valence-corrected chi connectivity index (χ0v) is 12.9. The van der Waals surface area contributed by atoms with Crippen molar-refractivity contribution in [1.29, 1.82) is 0 Å². The molecule has 0 heterocycles. The van der Waals surface area contributed by atoms with E-state index >= 15 is 0 Å². The molecule has 23 heavy (non-hydrogen) atoms. The fourth-order valence-corrected chi connectivity index (χ4v) is 2.26. The van der Waals surface area contributed by atoms with Gasteiger partial charge in [-0.3, -0.25) is 0 Å². The molecule has 112 valence electrons. The average Bonchev–Trinajstić information content (AvgIpc) is 2.62. The first-order valence-corrected chi connectivity index (χ1v) is 7.72. The summed E-state index contributed by atoms with van der Waals surface area (Å²) >= 11 is 0. The lowest BCUT2D eigenvalue weighted by Gasteiger charge is -2.06. The third kappa shape index (κ3) is 4.72. The Hall–Kier alpha value is -3.06. The van der Waals surface area contributed by atoms with Gasteiger partial charge in [0.1, 0.15) is 0 Å². The fraction of sp³-hybridized carbons (Fsp3) is 0. The molecule has 0 saturated carbocycles. The maximum atomic E-state index is 3.38. The largest absolute Gasteiger partial charge is 0.356 e. The SMILES string of the molecule is C(C=Cc1ccc(Nc2ccccc2)cc1)=Cc1ccccc1. The van der Waals surface area contributed by atoms with E-state index in [2.05, 4.69) is 78.2 Å². The highest BCUT2D eigenvalue weighted by Gasteiger charge is 1.93. The van der Waals surface area contributed by atoms with Crippen LogP contribution in [0.4, 0.5) is 11.4 Å². The van der Waals surface area contributed by atoms with E-state index in [0.717, 1.165) is 11.4 Å². The number of rotatable bonds is 5. The Labute approximate surface area is 137 Å². The zero-order chi connectivity index (χ0) is 15.7. The molecule has 0 saturated heterocycles. The molecule has 0 fully saturated rings. The number of para-hydroxylation sites is 1. The number of benzene rings is 3. The van der Waals surface area contributed by atoms with Gasteiger partial charge in [0.2, 0.25) is 0 Å². The Balaban J connectivity index is 1.59. The summed E-state index contributed by atoms with van der Waals surface area (Å²) < 4.78 is 0. The van der Waals surface area contributed by atoms with E-state index in [1.54, 1.807) is 0 Å². The third-order valence-electron chi connectivity index (χ3n) is 3.46. The summed E-state index contributed by atoms with van der Waals surface area (Å²) in [7, 11) is 0. The fourth-order valence-electron chi connectivity index (χ4n) is 2.26. The minimum atomic E-state index is 1.09. The van der Waals surface area contributed by atoms with Gasteiger partial charge in [0.05, 0.1) is 0 Å². The summed E-state index contributed by atoms with van der Waals surface area (Å²) in [4.78, 5) is 0. The summed E-state index contributed by atoms with van der Waals surface area (Å²) in [5, 5.41) is 3.38. The van der Waals surface area contributed by atoms with Crippen molar-refractivity contribution in [1.82, 2.24) is 0 Å². The molecule has 0 aliphatic rings. The predicted octanol–water partition coefficient (Wildman–Crippen LogP) is 6.16. The summed E-state index contributed by atoms with van der Waals surface area (Å²) in [6.45, 7) is 0. The van der Waals surface area contributed by atoms with Crippen LogP contribution < -0.4 is 5.32 Å². The summed E-state index contributed by atoms with van der Waals surface area (Å²) in [6.07, 6.45) is 8.33. The van der Waals surface area contributed by atoms with Gasteiger partial charge in [0, 0.05) is 11.4 Å². The zero-order valence-electron chi connectivity index (χ0n) is 12.9. The Morgan fingerprint density at radius 1 is 0.478 bits per heavy atom. The van der Waals surface area contributed by atoms with E-state index in [4.69, 9.17) is 0 Å². The molecule has 0 aliphatic heterocycles. The molecule has 0 atom stereocenters. The van der Waals surface area contributed by atoms with Crippen LogP contribution in [0.1, 0.15) is 11.1 Å². The van der Waals surface area contributed by atoms with Crippen molar-refractivity contribution in [3.05, 3.63) is 108 Å². The Morgan fingerprint density at radius 2 is 0.957 bits per heavy atom. The van der Waals surface area contributed by atoms with Crippen molar-refractivity contribution >= 4 is 23.5 Å². The Bertz CT molecular complexity index is 769. The van der Waals surface area contributed by atoms with Gasteiger partial charge in [-0.15, -0.1) is 0 Å². The normalized spacial score (nSPS) is 11.1. The first kappa shape index (κ1) is 14.9. The lowest BCUT2D eigenvalue weighted by atomic mass is 10.1. The van der Waals surface area contributed by atoms with Crippen LogP contribution in [0.25, 0.3) is 12.2 Å². The lowest BCUT2D eigenvalue weighted by molar-refractivity contribution is 1.54. The van der Waals surface area contributed by atoms with E-state index < -0.39 is 0 Å². The Kier molecular flexibility index (Phi) is 5.04. The maximum Gasteiger partial charge on any atom is 0.0384 e. The minimum Gasteiger partial charge on any atom is -0.356 e. The molecule has 0 radical (unpaired) electrons. The minimum absolute atomic E-state index is 1.09. The molecule has 0 bridgehead atoms. The second kappa shape index (κ2) is 7.81. The van der Waals surface area contributed by atoms with Crippen LogP contribution in [-0.2, 0) is 0 Å². The Morgan fingerprint density at radius 3 is 1.57 bits per heavy atom. The standard InChI is InChI=1S/C22H19N/c1-3-9-19(10-4-1)11-7-8-12-20-15-17-22(18-16-20)23-21-13-5-2-6-14-21/h1-18,23H. The molecule has 3 rings (SSSR count). The van der Waals surface area contributed by atoms with E-state index in [0.29, 0.717) is 0 Å². The predicted molar refractivity (Wildman–Crippen MR) is 101 cm³/mol. The van der Waals surface area contributed by atoms with Gasteiger partial charge in [-0.25, -0.2) is 0 Å². The van der Waals surface area contributed by atoms with E-state index in [1.165, 1.54) is 11.1 Å². The lowest BCUT2D eigenvalue weighted by Crippen LogP contribution is -1.88. The van der Waals surface area contributed by atoms with Gasteiger partial charge in [-0.2, -0.15) is 0 Å². The van der Waals surface area contributed by atoms with Gasteiger partial charge in [0.25, 0.3) is 0 Å². The summed E-state index contributed by atoms with van der Waals surface area (Å²) in [5.41, 5.74) is 4.58. The molecule has 1 N–H and O–H groups in total. The number of hydrogen-bond donors (Lipinski definition) is 1. The third-order valence-corrected chi connectivity index (χ3v) is 3.46. The molecular formula is C22H19N. The van der Waals surface area contributed by atoms with Crippen LogP contribution in [-0.4, -0.2) is 0 Å². The second-order valence-electron chi connectivity index (χ2n) is 5.24. The first-order chi connectivity index (χ1) is 11.4. The molecule has 1 heteroatoms. The number of nitrogens with one attached hydrogen (secondary N) is 1. The monoisotopic (exact) mass is 297 g/mol. The smallest absolute Gasteiger partial charge is 0.0384 e. The number of anilines is 2. The van der Waals surface area contributed by atoms with Crippen LogP contribution in [0.2, 0.25) is 0 Å². The molecular weight excluding hydrogens is 278 g/mol. The summed E-state index contributed by atoms with van der Waals surface area (Å²) in [5.74, 6) is 0. The highest BCUT2D eigenvalue weighted by atomic mass is 14.9. The number of hydrogen-bond acceptors (Lipinski definition) is 1. The van der Waals surface area contributed by atoms with Gasteiger partial charge in [-0.05, 0) is 35.4 Å². The van der Waals surface area contributed by atoms with Crippen LogP contribution in [0.5, 0.6) is 0 Å². The highest BCUT2D eigenvalue weighted by Crippen LogP contribution is 2.17. The average molecular weight is 297 g/mol.